The van der Waals surface area contributed by atoms with Crippen molar-refractivity contribution in [3.8, 4) is 0 Å². The standard InChI is InChI=1S/C17H23N3O3S/c1-11-12(2)24-16(19-11)9-18-17(21)20-8-4-5-14(20)15-7-6-13(23-15)10-22-3/h6-7,14H,4-5,8-10H2,1-3H3,(H,18,21). The smallest absolute Gasteiger partial charge is 0.318 e. The molecule has 2 amide bonds. The Labute approximate surface area is 145 Å². The van der Waals surface area contributed by atoms with Crippen LogP contribution in [0.15, 0.2) is 16.5 Å². The van der Waals surface area contributed by atoms with Gasteiger partial charge in [-0.25, -0.2) is 9.78 Å². The molecule has 130 valence electrons. The molecule has 0 aromatic carbocycles. The number of hydrogen-bond donors (Lipinski definition) is 1. The largest absolute Gasteiger partial charge is 0.461 e. The van der Waals surface area contributed by atoms with Crippen LogP contribution in [0.3, 0.4) is 0 Å². The molecule has 0 saturated carbocycles. The highest BCUT2D eigenvalue weighted by Gasteiger charge is 2.32. The van der Waals surface area contributed by atoms with Crippen molar-refractivity contribution in [2.75, 3.05) is 13.7 Å². The molecule has 0 aliphatic carbocycles. The van der Waals surface area contributed by atoms with E-state index < -0.39 is 0 Å². The average molecular weight is 349 g/mol. The van der Waals surface area contributed by atoms with E-state index in [1.54, 1.807) is 18.4 Å². The lowest BCUT2D eigenvalue weighted by Gasteiger charge is -2.23. The number of amides is 2. The minimum Gasteiger partial charge on any atom is -0.461 e. The van der Waals surface area contributed by atoms with Gasteiger partial charge in [0.2, 0.25) is 0 Å². The van der Waals surface area contributed by atoms with Crippen molar-refractivity contribution in [1.82, 2.24) is 15.2 Å². The van der Waals surface area contributed by atoms with E-state index in [1.165, 1.54) is 4.88 Å². The van der Waals surface area contributed by atoms with E-state index in [0.717, 1.165) is 41.6 Å². The Bertz CT molecular complexity index is 690. The number of hydrogen-bond acceptors (Lipinski definition) is 5. The van der Waals surface area contributed by atoms with Crippen molar-refractivity contribution in [1.29, 1.82) is 0 Å². The zero-order valence-electron chi connectivity index (χ0n) is 14.3. The summed E-state index contributed by atoms with van der Waals surface area (Å²) in [6.45, 7) is 5.69. The third-order valence-electron chi connectivity index (χ3n) is 4.27. The van der Waals surface area contributed by atoms with E-state index in [-0.39, 0.29) is 12.1 Å². The molecule has 7 heteroatoms. The summed E-state index contributed by atoms with van der Waals surface area (Å²) < 4.78 is 10.9. The Morgan fingerprint density at radius 2 is 2.33 bits per heavy atom. The molecule has 0 spiro atoms. The van der Waals surface area contributed by atoms with E-state index in [0.29, 0.717) is 13.2 Å². The Morgan fingerprint density at radius 1 is 1.50 bits per heavy atom. The van der Waals surface area contributed by atoms with Gasteiger partial charge < -0.3 is 19.4 Å². The van der Waals surface area contributed by atoms with Gasteiger partial charge in [-0.15, -0.1) is 11.3 Å². The molecule has 2 aromatic rings. The van der Waals surface area contributed by atoms with Gasteiger partial charge in [-0.05, 0) is 38.8 Å². The van der Waals surface area contributed by atoms with E-state index in [4.69, 9.17) is 9.15 Å². The number of aromatic nitrogens is 1. The van der Waals surface area contributed by atoms with Crippen LogP contribution >= 0.6 is 11.3 Å². The van der Waals surface area contributed by atoms with Gasteiger partial charge in [-0.1, -0.05) is 0 Å². The highest BCUT2D eigenvalue weighted by molar-refractivity contribution is 7.11. The maximum absolute atomic E-state index is 12.6. The molecule has 1 saturated heterocycles. The van der Waals surface area contributed by atoms with Gasteiger partial charge in [0.15, 0.2) is 0 Å². The maximum atomic E-state index is 12.6. The molecule has 3 rings (SSSR count). The van der Waals surface area contributed by atoms with Crippen LogP contribution in [-0.2, 0) is 17.9 Å². The number of rotatable bonds is 5. The number of nitrogens with zero attached hydrogens (tertiary/aromatic N) is 2. The first kappa shape index (κ1) is 17.0. The third-order valence-corrected chi connectivity index (χ3v) is 5.35. The number of likely N-dealkylation sites (tertiary alicyclic amines) is 1. The summed E-state index contributed by atoms with van der Waals surface area (Å²) in [6.07, 6.45) is 1.90. The van der Waals surface area contributed by atoms with Crippen LogP contribution in [0.25, 0.3) is 0 Å². The average Bonchev–Trinajstić information content (AvgIpc) is 3.26. The van der Waals surface area contributed by atoms with Crippen molar-refractivity contribution >= 4 is 17.4 Å². The number of furan rings is 1. The lowest BCUT2D eigenvalue weighted by molar-refractivity contribution is 0.156. The first-order valence-corrected chi connectivity index (χ1v) is 8.95. The van der Waals surface area contributed by atoms with Gasteiger partial charge in [0.1, 0.15) is 23.1 Å². The quantitative estimate of drug-likeness (QED) is 0.896. The van der Waals surface area contributed by atoms with Crippen LogP contribution in [0.1, 0.15) is 46.0 Å². The zero-order valence-corrected chi connectivity index (χ0v) is 15.1. The molecule has 1 fully saturated rings. The molecule has 6 nitrogen and oxygen atoms in total. The fraction of sp³-hybridized carbons (Fsp3) is 0.529. The maximum Gasteiger partial charge on any atom is 0.318 e. The normalized spacial score (nSPS) is 17.5. The van der Waals surface area contributed by atoms with Crippen molar-refractivity contribution < 1.29 is 13.9 Å². The van der Waals surface area contributed by atoms with Crippen molar-refractivity contribution in [3.63, 3.8) is 0 Å². The Kier molecular flexibility index (Phi) is 5.20. The molecule has 0 radical (unpaired) electrons. The SMILES string of the molecule is COCc1ccc(C2CCCN2C(=O)NCc2nc(C)c(C)s2)o1. The number of carbonyl (C=O) groups excluding carboxylic acids is 1. The first-order valence-electron chi connectivity index (χ1n) is 8.13. The van der Waals surface area contributed by atoms with Gasteiger partial charge in [-0.2, -0.15) is 0 Å². The molecule has 1 aliphatic heterocycles. The summed E-state index contributed by atoms with van der Waals surface area (Å²) in [5.41, 5.74) is 1.03. The molecule has 2 aromatic heterocycles. The zero-order chi connectivity index (χ0) is 17.1. The summed E-state index contributed by atoms with van der Waals surface area (Å²) in [6, 6.07) is 3.79. The van der Waals surface area contributed by atoms with Crippen LogP contribution in [0.5, 0.6) is 0 Å². The summed E-state index contributed by atoms with van der Waals surface area (Å²) in [5, 5.41) is 3.92. The van der Waals surface area contributed by atoms with Crippen LogP contribution in [0.2, 0.25) is 0 Å². The molecule has 1 aliphatic rings. The second kappa shape index (κ2) is 7.36. The molecule has 1 atom stereocenters. The Balaban J connectivity index is 1.62. The molecule has 0 bridgehead atoms. The fourth-order valence-electron chi connectivity index (χ4n) is 2.97. The molecule has 3 heterocycles. The number of methoxy groups -OCH3 is 1. The number of urea groups is 1. The van der Waals surface area contributed by atoms with Crippen molar-refractivity contribution in [3.05, 3.63) is 39.2 Å². The van der Waals surface area contributed by atoms with E-state index in [9.17, 15) is 4.79 Å². The highest BCUT2D eigenvalue weighted by Crippen LogP contribution is 2.33. The second-order valence-corrected chi connectivity index (χ2v) is 7.28. The van der Waals surface area contributed by atoms with Crippen LogP contribution < -0.4 is 5.32 Å². The van der Waals surface area contributed by atoms with E-state index >= 15 is 0 Å². The van der Waals surface area contributed by atoms with Crippen LogP contribution in [-0.4, -0.2) is 29.6 Å². The predicted molar refractivity (Wildman–Crippen MR) is 91.9 cm³/mol. The fourth-order valence-corrected chi connectivity index (χ4v) is 3.84. The molecule has 24 heavy (non-hydrogen) atoms. The van der Waals surface area contributed by atoms with Crippen molar-refractivity contribution in [2.24, 2.45) is 0 Å². The summed E-state index contributed by atoms with van der Waals surface area (Å²) in [5.74, 6) is 1.61. The van der Waals surface area contributed by atoms with Gasteiger partial charge in [-0.3, -0.25) is 0 Å². The molecular weight excluding hydrogens is 326 g/mol. The Morgan fingerprint density at radius 3 is 3.04 bits per heavy atom. The summed E-state index contributed by atoms with van der Waals surface area (Å²) in [4.78, 5) is 20.1. The number of nitrogens with one attached hydrogen (secondary N) is 1. The van der Waals surface area contributed by atoms with Crippen LogP contribution in [0, 0.1) is 13.8 Å². The topological polar surface area (TPSA) is 67.6 Å². The minimum absolute atomic E-state index is 0.00428. The van der Waals surface area contributed by atoms with Crippen LogP contribution in [0.4, 0.5) is 4.79 Å². The van der Waals surface area contributed by atoms with E-state index in [1.807, 2.05) is 30.9 Å². The Hall–Kier alpha value is -1.86. The monoisotopic (exact) mass is 349 g/mol. The molecular formula is C17H23N3O3S. The summed E-state index contributed by atoms with van der Waals surface area (Å²) in [7, 11) is 1.64. The van der Waals surface area contributed by atoms with Gasteiger partial charge in [0, 0.05) is 18.5 Å². The highest BCUT2D eigenvalue weighted by atomic mass is 32.1. The number of thiazole rings is 1. The predicted octanol–water partition coefficient (Wildman–Crippen LogP) is 3.55. The number of ether oxygens (including phenoxy) is 1. The lowest BCUT2D eigenvalue weighted by atomic mass is 10.2. The van der Waals surface area contributed by atoms with Gasteiger partial charge >= 0.3 is 6.03 Å². The van der Waals surface area contributed by atoms with Gasteiger partial charge in [0.25, 0.3) is 0 Å². The first-order chi connectivity index (χ1) is 11.6. The van der Waals surface area contributed by atoms with Crippen molar-refractivity contribution in [2.45, 2.75) is 45.9 Å². The minimum atomic E-state index is -0.0623. The lowest BCUT2D eigenvalue weighted by Crippen LogP contribution is -2.39. The number of aryl methyl sites for hydroxylation is 2. The third kappa shape index (κ3) is 3.62. The molecule has 1 N–H and O–H groups in total. The van der Waals surface area contributed by atoms with Gasteiger partial charge in [0.05, 0.1) is 18.3 Å². The molecule has 1 unspecified atom stereocenters. The second-order valence-electron chi connectivity index (χ2n) is 6.00. The summed E-state index contributed by atoms with van der Waals surface area (Å²) >= 11 is 1.63. The number of carbonyl (C=O) groups is 1. The van der Waals surface area contributed by atoms with E-state index in [2.05, 4.69) is 10.3 Å².